The number of fused-ring (bicyclic) bond motifs is 4. The normalized spacial score (nSPS) is 43.5. The Kier molecular flexibility index (Phi) is 6.35. The van der Waals surface area contributed by atoms with Gasteiger partial charge in [0.2, 0.25) is 0 Å². The number of allylic oxidation sites excluding steroid dienone is 4. The van der Waals surface area contributed by atoms with Crippen molar-refractivity contribution < 1.29 is 5.11 Å². The average molecular weight is 413 g/mol. The minimum Gasteiger partial charge on any atom is -0.393 e. The first-order valence-corrected chi connectivity index (χ1v) is 13.3. The van der Waals surface area contributed by atoms with Gasteiger partial charge in [-0.15, -0.1) is 0 Å². The van der Waals surface area contributed by atoms with Crippen LogP contribution in [0.15, 0.2) is 23.3 Å². The highest BCUT2D eigenvalue weighted by Gasteiger charge is 2.55. The molecule has 0 heterocycles. The maximum atomic E-state index is 10.3. The topological polar surface area (TPSA) is 20.2 Å². The quantitative estimate of drug-likeness (QED) is 0.454. The zero-order chi connectivity index (χ0) is 21.7. The fraction of sp³-hybridized carbons (Fsp3) is 0.862. The van der Waals surface area contributed by atoms with Gasteiger partial charge in [0.05, 0.1) is 6.10 Å². The third kappa shape index (κ3) is 3.66. The molecule has 1 heteroatoms. The standard InChI is InChI=1S/C29H48O/c1-7-21(19(2)3)9-8-20(4)25-12-13-26-24-11-10-22-18-23(30)14-16-28(22,5)27(24)15-17-29(25,26)6/h8-9,19-23,25-26,30H,7,10-18H2,1-6H3/b9-8+/t20-,21-,22+,23+,25?,26?,28?,29?/m1/s1. The zero-order valence-electron chi connectivity index (χ0n) is 20.7. The zero-order valence-corrected chi connectivity index (χ0v) is 20.7. The lowest BCUT2D eigenvalue weighted by Crippen LogP contribution is -2.45. The molecule has 0 aliphatic heterocycles. The van der Waals surface area contributed by atoms with E-state index in [-0.39, 0.29) is 6.10 Å². The Morgan fingerprint density at radius 2 is 1.77 bits per heavy atom. The lowest BCUT2D eigenvalue weighted by Gasteiger charge is -2.55. The van der Waals surface area contributed by atoms with E-state index < -0.39 is 0 Å². The molecule has 0 aromatic carbocycles. The third-order valence-electron chi connectivity index (χ3n) is 10.7. The molecule has 0 aromatic rings. The van der Waals surface area contributed by atoms with Crippen LogP contribution in [0.5, 0.6) is 0 Å². The third-order valence-corrected chi connectivity index (χ3v) is 10.7. The predicted molar refractivity (Wildman–Crippen MR) is 128 cm³/mol. The number of aliphatic hydroxyl groups excluding tert-OH is 1. The van der Waals surface area contributed by atoms with Crippen molar-refractivity contribution >= 4 is 0 Å². The van der Waals surface area contributed by atoms with Gasteiger partial charge in [-0.05, 0) is 111 Å². The molecule has 0 spiro atoms. The smallest absolute Gasteiger partial charge is 0.0543 e. The highest BCUT2D eigenvalue weighted by atomic mass is 16.3. The van der Waals surface area contributed by atoms with Crippen LogP contribution in [0.4, 0.5) is 0 Å². The molecule has 2 saturated carbocycles. The van der Waals surface area contributed by atoms with Crippen LogP contribution >= 0.6 is 0 Å². The Bertz CT molecular complexity index is 686. The van der Waals surface area contributed by atoms with E-state index in [0.29, 0.717) is 16.7 Å². The van der Waals surface area contributed by atoms with E-state index in [1.165, 1.54) is 51.4 Å². The predicted octanol–water partition coefficient (Wildman–Crippen LogP) is 7.94. The van der Waals surface area contributed by atoms with Crippen LogP contribution in [0.3, 0.4) is 0 Å². The molecule has 0 aromatic heterocycles. The molecular weight excluding hydrogens is 364 g/mol. The first-order chi connectivity index (χ1) is 14.2. The minimum atomic E-state index is -0.0413. The molecule has 4 unspecified atom stereocenters. The van der Waals surface area contributed by atoms with Crippen LogP contribution in [0.2, 0.25) is 0 Å². The molecule has 0 radical (unpaired) electrons. The Labute approximate surface area is 186 Å². The second-order valence-electron chi connectivity index (χ2n) is 12.4. The van der Waals surface area contributed by atoms with E-state index in [0.717, 1.165) is 42.4 Å². The summed E-state index contributed by atoms with van der Waals surface area (Å²) in [7, 11) is 0. The van der Waals surface area contributed by atoms with Crippen molar-refractivity contribution in [3.8, 4) is 0 Å². The first-order valence-electron chi connectivity index (χ1n) is 13.3. The molecule has 0 saturated heterocycles. The molecule has 0 bridgehead atoms. The molecule has 170 valence electrons. The Morgan fingerprint density at radius 1 is 1.00 bits per heavy atom. The Hall–Kier alpha value is -0.560. The van der Waals surface area contributed by atoms with Gasteiger partial charge in [-0.3, -0.25) is 0 Å². The van der Waals surface area contributed by atoms with Crippen molar-refractivity contribution in [2.45, 2.75) is 112 Å². The lowest BCUT2D eigenvalue weighted by atomic mass is 9.50. The summed E-state index contributed by atoms with van der Waals surface area (Å²) in [5, 5.41) is 10.3. The van der Waals surface area contributed by atoms with Gasteiger partial charge in [0.1, 0.15) is 0 Å². The van der Waals surface area contributed by atoms with Crippen LogP contribution in [0.25, 0.3) is 0 Å². The Balaban J connectivity index is 1.55. The minimum absolute atomic E-state index is 0.0413. The second-order valence-corrected chi connectivity index (χ2v) is 12.4. The molecule has 1 nitrogen and oxygen atoms in total. The van der Waals surface area contributed by atoms with E-state index in [1.807, 2.05) is 11.1 Å². The van der Waals surface area contributed by atoms with Gasteiger partial charge in [0.25, 0.3) is 0 Å². The molecular formula is C29H48O. The number of hydrogen-bond acceptors (Lipinski definition) is 1. The van der Waals surface area contributed by atoms with Gasteiger partial charge in [-0.2, -0.15) is 0 Å². The summed E-state index contributed by atoms with van der Waals surface area (Å²) in [4.78, 5) is 0. The van der Waals surface area contributed by atoms with Crippen molar-refractivity contribution in [2.24, 2.45) is 46.3 Å². The maximum Gasteiger partial charge on any atom is 0.0543 e. The summed E-state index contributed by atoms with van der Waals surface area (Å²) in [6.45, 7) is 14.8. The van der Waals surface area contributed by atoms with E-state index in [4.69, 9.17) is 0 Å². The highest BCUT2D eigenvalue weighted by molar-refractivity contribution is 5.34. The molecule has 4 aliphatic rings. The van der Waals surface area contributed by atoms with Crippen molar-refractivity contribution in [3.05, 3.63) is 23.3 Å². The Morgan fingerprint density at radius 3 is 2.47 bits per heavy atom. The number of rotatable bonds is 5. The van der Waals surface area contributed by atoms with Crippen LogP contribution in [-0.4, -0.2) is 11.2 Å². The second kappa shape index (κ2) is 8.42. The SMILES string of the molecule is CC[C@H](/C=C/[C@@H](C)C1CCC2C3=C(CCC21C)C1(C)CC[C@H](O)C[C@@H]1CC3)C(C)C. The molecule has 0 amide bonds. The van der Waals surface area contributed by atoms with Gasteiger partial charge in [-0.1, -0.05) is 64.8 Å². The monoisotopic (exact) mass is 412 g/mol. The van der Waals surface area contributed by atoms with Crippen LogP contribution in [0.1, 0.15) is 106 Å². The van der Waals surface area contributed by atoms with Crippen molar-refractivity contribution in [2.75, 3.05) is 0 Å². The maximum absolute atomic E-state index is 10.3. The molecule has 4 aliphatic carbocycles. The fourth-order valence-corrected chi connectivity index (χ4v) is 8.62. The largest absolute Gasteiger partial charge is 0.393 e. The van der Waals surface area contributed by atoms with Crippen LogP contribution in [-0.2, 0) is 0 Å². The van der Waals surface area contributed by atoms with Gasteiger partial charge in [0.15, 0.2) is 0 Å². The van der Waals surface area contributed by atoms with E-state index >= 15 is 0 Å². The van der Waals surface area contributed by atoms with Crippen molar-refractivity contribution in [1.82, 2.24) is 0 Å². The molecule has 30 heavy (non-hydrogen) atoms. The number of hydrogen-bond donors (Lipinski definition) is 1. The van der Waals surface area contributed by atoms with Crippen LogP contribution in [0, 0.1) is 46.3 Å². The first kappa shape index (κ1) is 22.6. The summed E-state index contributed by atoms with van der Waals surface area (Å²) in [6.07, 6.45) is 17.9. The van der Waals surface area contributed by atoms with Gasteiger partial charge in [-0.25, -0.2) is 0 Å². The summed E-state index contributed by atoms with van der Waals surface area (Å²) < 4.78 is 0. The lowest BCUT2D eigenvalue weighted by molar-refractivity contribution is 0.0145. The summed E-state index contributed by atoms with van der Waals surface area (Å²) in [5.74, 6) is 4.58. The molecule has 1 N–H and O–H groups in total. The average Bonchev–Trinajstić information content (AvgIpc) is 3.06. The number of aliphatic hydroxyl groups is 1. The van der Waals surface area contributed by atoms with E-state index in [1.54, 1.807) is 0 Å². The summed E-state index contributed by atoms with van der Waals surface area (Å²) in [6, 6.07) is 0. The molecule has 8 atom stereocenters. The van der Waals surface area contributed by atoms with Gasteiger partial charge >= 0.3 is 0 Å². The van der Waals surface area contributed by atoms with Crippen LogP contribution < -0.4 is 0 Å². The summed E-state index contributed by atoms with van der Waals surface area (Å²) in [5.41, 5.74) is 4.65. The van der Waals surface area contributed by atoms with Crippen molar-refractivity contribution in [1.29, 1.82) is 0 Å². The fourth-order valence-electron chi connectivity index (χ4n) is 8.62. The molecule has 2 fully saturated rings. The van der Waals surface area contributed by atoms with E-state index in [2.05, 4.69) is 53.7 Å². The summed E-state index contributed by atoms with van der Waals surface area (Å²) >= 11 is 0. The highest BCUT2D eigenvalue weighted by Crippen LogP contribution is 2.65. The van der Waals surface area contributed by atoms with Crippen molar-refractivity contribution in [3.63, 3.8) is 0 Å². The van der Waals surface area contributed by atoms with Gasteiger partial charge in [0, 0.05) is 0 Å². The molecule has 4 rings (SSSR count). The van der Waals surface area contributed by atoms with Gasteiger partial charge < -0.3 is 5.11 Å². The van der Waals surface area contributed by atoms with E-state index in [9.17, 15) is 5.11 Å².